The Balaban J connectivity index is -0.0000000800. The number of hydroxylamine groups is 1. The van der Waals surface area contributed by atoms with Crippen LogP contribution in [0.3, 0.4) is 0 Å². The van der Waals surface area contributed by atoms with Crippen LogP contribution < -0.4 is 40.8 Å². The Morgan fingerprint density at radius 3 is 1.89 bits per heavy atom. The van der Waals surface area contributed by atoms with E-state index in [2.05, 4.69) is 5.73 Å². The molecule has 0 radical (unpaired) electrons. The Kier molecular flexibility index (Phi) is 27.6. The van der Waals surface area contributed by atoms with Gasteiger partial charge in [-0.15, -0.1) is 5.34 Å². The van der Waals surface area contributed by atoms with Crippen LogP contribution in [-0.2, 0) is 0 Å². The molecule has 9 heavy (non-hydrogen) atoms. The van der Waals surface area contributed by atoms with Gasteiger partial charge in [0.2, 0.25) is 0 Å². The fourth-order valence-corrected chi connectivity index (χ4v) is 0. The minimum Gasteiger partial charge on any atom is -0.444 e. The van der Waals surface area contributed by atoms with E-state index in [4.69, 9.17) is 15.3 Å². The van der Waals surface area contributed by atoms with Crippen molar-refractivity contribution >= 4 is 6.03 Å². The van der Waals surface area contributed by atoms with Crippen molar-refractivity contribution in [1.29, 1.82) is 0 Å². The first kappa shape index (κ1) is 15.9. The maximum Gasteiger partial charge on any atom is 1.00 e. The topological polar surface area (TPSA) is 128 Å². The van der Waals surface area contributed by atoms with Crippen LogP contribution in [0.5, 0.6) is 0 Å². The minimum absolute atomic E-state index is 0. The number of carbonyl (C=O) groups excluding carboxylic acids is 1. The zero-order chi connectivity index (χ0) is 6.99. The normalized spacial score (nSPS) is 5.00. The molecule has 0 unspecified atom stereocenters. The summed E-state index contributed by atoms with van der Waals surface area (Å²) in [4.78, 5) is 17.2. The van der Waals surface area contributed by atoms with E-state index in [-0.39, 0.29) is 29.6 Å². The van der Waals surface area contributed by atoms with Gasteiger partial charge in [-0.25, -0.2) is 10.3 Å². The van der Waals surface area contributed by atoms with Crippen molar-refractivity contribution in [2.24, 2.45) is 11.1 Å². The molecule has 0 saturated carbocycles. The van der Waals surface area contributed by atoms with Crippen LogP contribution in [0.1, 0.15) is 0 Å². The predicted molar refractivity (Wildman–Crippen MR) is 23.7 cm³/mol. The van der Waals surface area contributed by atoms with E-state index in [0.717, 1.165) is 5.34 Å². The third kappa shape index (κ3) is 91.0. The zero-order valence-electron chi connectivity index (χ0n) is 4.70. The van der Waals surface area contributed by atoms with Crippen LogP contribution >= 0.6 is 0 Å². The molecule has 0 rings (SSSR count). The van der Waals surface area contributed by atoms with Crippen LogP contribution in [-0.4, -0.2) is 11.2 Å². The molecule has 0 aliphatic carbocycles. The Bertz CT molecular complexity index is 76.2. The van der Waals surface area contributed by atoms with Gasteiger partial charge in [0, 0.05) is 0 Å². The first-order chi connectivity index (χ1) is 3.68. The first-order valence-corrected chi connectivity index (χ1v) is 1.33. The summed E-state index contributed by atoms with van der Waals surface area (Å²) in [5.74, 6) is 0. The van der Waals surface area contributed by atoms with E-state index in [0.29, 0.717) is 0 Å². The van der Waals surface area contributed by atoms with E-state index in [1.165, 1.54) is 5.48 Å². The SMILES string of the molecule is NC(=O)NO.O=N[O-].[Na+]. The largest absolute Gasteiger partial charge is 1.00 e. The van der Waals surface area contributed by atoms with Crippen molar-refractivity contribution < 1.29 is 39.6 Å². The zero-order valence-corrected chi connectivity index (χ0v) is 6.70. The number of nitrogens with zero attached hydrogens (tertiary/aromatic N) is 1. The summed E-state index contributed by atoms with van der Waals surface area (Å²) in [5.41, 5.74) is 5.46. The number of nitrogens with two attached hydrogens (primary N) is 1. The summed E-state index contributed by atoms with van der Waals surface area (Å²) >= 11 is 0. The van der Waals surface area contributed by atoms with Gasteiger partial charge in [0.25, 0.3) is 0 Å². The smallest absolute Gasteiger partial charge is 0.444 e. The monoisotopic (exact) mass is 145 g/mol. The molecule has 0 aliphatic heterocycles. The van der Waals surface area contributed by atoms with Crippen molar-refractivity contribution in [1.82, 2.24) is 5.48 Å². The third-order valence-electron chi connectivity index (χ3n) is 0.110. The summed E-state index contributed by atoms with van der Waals surface area (Å²) < 4.78 is 0. The summed E-state index contributed by atoms with van der Waals surface area (Å²) in [7, 11) is 0. The second-order valence-corrected chi connectivity index (χ2v) is 0.551. The van der Waals surface area contributed by atoms with Gasteiger partial charge in [0.15, 0.2) is 0 Å². The standard InChI is InChI=1S/CH4N2O2.HNO2.Na/c2-1(4)3-5;2-1-3;/h5H,(H3,2,3,4);(H,2,3);/q;;+1/p-1. The number of hydrogen-bond donors (Lipinski definition) is 3. The first-order valence-electron chi connectivity index (χ1n) is 1.33. The van der Waals surface area contributed by atoms with E-state index in [1.807, 2.05) is 0 Å². The molecule has 0 aromatic heterocycles. The molecule has 2 amide bonds. The van der Waals surface area contributed by atoms with Crippen LogP contribution in [0.15, 0.2) is 5.34 Å². The van der Waals surface area contributed by atoms with Gasteiger partial charge in [0.1, 0.15) is 0 Å². The molecule has 7 nitrogen and oxygen atoms in total. The molecule has 0 saturated heterocycles. The number of urea groups is 1. The fraction of sp³-hybridized carbons (Fsp3) is 0. The molecule has 0 aromatic carbocycles. The third-order valence-corrected chi connectivity index (χ3v) is 0.110. The van der Waals surface area contributed by atoms with Crippen LogP contribution in [0.2, 0.25) is 0 Å². The molecule has 0 spiro atoms. The van der Waals surface area contributed by atoms with Crippen LogP contribution in [0, 0.1) is 10.1 Å². The van der Waals surface area contributed by atoms with Gasteiger partial charge < -0.3 is 15.8 Å². The molecule has 0 aromatic rings. The van der Waals surface area contributed by atoms with Crippen molar-refractivity contribution in [3.63, 3.8) is 0 Å². The Morgan fingerprint density at radius 2 is 1.89 bits per heavy atom. The van der Waals surface area contributed by atoms with Crippen LogP contribution in [0.4, 0.5) is 4.79 Å². The molecule has 48 valence electrons. The van der Waals surface area contributed by atoms with Gasteiger partial charge in [-0.05, 0) is 0 Å². The number of amides is 2. The van der Waals surface area contributed by atoms with E-state index < -0.39 is 6.03 Å². The van der Waals surface area contributed by atoms with Gasteiger partial charge in [-0.3, -0.25) is 5.21 Å². The van der Waals surface area contributed by atoms with Crippen LogP contribution in [0.25, 0.3) is 0 Å². The number of nitrogens with one attached hydrogen (secondary N) is 1. The second kappa shape index (κ2) is 15.6. The number of hydrogen-bond acceptors (Lipinski definition) is 5. The van der Waals surface area contributed by atoms with Gasteiger partial charge in [-0.1, -0.05) is 0 Å². The molecule has 8 heteroatoms. The Labute approximate surface area is 72.4 Å². The van der Waals surface area contributed by atoms with Gasteiger partial charge in [-0.2, -0.15) is 0 Å². The van der Waals surface area contributed by atoms with Gasteiger partial charge >= 0.3 is 35.6 Å². The number of primary amides is 1. The molecule has 0 atom stereocenters. The average Bonchev–Trinajstić information content (AvgIpc) is 1.69. The van der Waals surface area contributed by atoms with Crippen molar-refractivity contribution in [3.05, 3.63) is 10.1 Å². The molecule has 0 fully saturated rings. The van der Waals surface area contributed by atoms with E-state index in [1.54, 1.807) is 0 Å². The summed E-state index contributed by atoms with van der Waals surface area (Å²) in [6.45, 7) is 0. The van der Waals surface area contributed by atoms with Crippen molar-refractivity contribution in [2.45, 2.75) is 0 Å². The quantitative estimate of drug-likeness (QED) is 0.140. The average molecular weight is 145 g/mol. The van der Waals surface area contributed by atoms with E-state index in [9.17, 15) is 4.79 Å². The summed E-state index contributed by atoms with van der Waals surface area (Å²) in [5, 5.41) is 16.4. The maximum absolute atomic E-state index is 9.23. The predicted octanol–water partition coefficient (Wildman–Crippen LogP) is -3.70. The summed E-state index contributed by atoms with van der Waals surface area (Å²) in [6, 6.07) is -0.940. The molecule has 4 N–H and O–H groups in total. The molecular weight excluding hydrogens is 141 g/mol. The van der Waals surface area contributed by atoms with E-state index >= 15 is 0 Å². The van der Waals surface area contributed by atoms with Gasteiger partial charge in [0.05, 0.1) is 0 Å². The molecule has 0 bridgehead atoms. The molecule has 0 aliphatic rings. The van der Waals surface area contributed by atoms with Crippen molar-refractivity contribution in [3.8, 4) is 0 Å². The van der Waals surface area contributed by atoms with Crippen molar-refractivity contribution in [2.75, 3.05) is 0 Å². The summed E-state index contributed by atoms with van der Waals surface area (Å²) in [6.07, 6.45) is 0. The Hall–Kier alpha value is -0.370. The molecule has 0 heterocycles. The fourth-order valence-electron chi connectivity index (χ4n) is 0. The second-order valence-electron chi connectivity index (χ2n) is 0.551. The Morgan fingerprint density at radius 1 is 1.78 bits per heavy atom. The number of rotatable bonds is 0. The molecular formula is CH4N3NaO4. The number of carbonyl (C=O) groups is 1. The minimum atomic E-state index is -0.940. The maximum atomic E-state index is 9.23.